The number of carbonyl (C=O) groups excluding carboxylic acids is 1. The second-order valence-corrected chi connectivity index (χ2v) is 11.2. The van der Waals surface area contributed by atoms with Gasteiger partial charge in [0.15, 0.2) is 5.82 Å². The molecule has 224 valence electrons. The molecule has 9 nitrogen and oxygen atoms in total. The van der Waals surface area contributed by atoms with E-state index in [1.54, 1.807) is 0 Å². The molecule has 1 aromatic heterocycles. The highest BCUT2D eigenvalue weighted by molar-refractivity contribution is 5.70. The van der Waals surface area contributed by atoms with Gasteiger partial charge >= 0.3 is 5.97 Å². The fourth-order valence-corrected chi connectivity index (χ4v) is 5.22. The molecule has 1 aromatic rings. The highest BCUT2D eigenvalue weighted by Gasteiger charge is 2.26. The Kier molecular flexibility index (Phi) is 17.4. The van der Waals surface area contributed by atoms with E-state index in [4.69, 9.17) is 10.5 Å². The van der Waals surface area contributed by atoms with E-state index in [0.717, 1.165) is 12.8 Å². The summed E-state index contributed by atoms with van der Waals surface area (Å²) >= 11 is 0. The summed E-state index contributed by atoms with van der Waals surface area (Å²) in [6, 6.07) is 0. The van der Waals surface area contributed by atoms with Gasteiger partial charge in [-0.2, -0.15) is 4.98 Å². The largest absolute Gasteiger partial charge is 0.466 e. The van der Waals surface area contributed by atoms with Crippen LogP contribution >= 0.6 is 0 Å². The number of carbonyl (C=O) groups is 1. The number of unbranched alkanes of at least 4 members (excludes halogenated alkanes) is 16. The number of aliphatic hydroxyl groups excluding tert-OH is 1. The quantitative estimate of drug-likeness (QED) is 0.0894. The maximum Gasteiger partial charge on any atom is 0.305 e. The Bertz CT molecular complexity index is 847. The van der Waals surface area contributed by atoms with Crippen molar-refractivity contribution < 1.29 is 14.6 Å². The molecule has 1 aliphatic heterocycles. The number of aromatic amines is 1. The van der Waals surface area contributed by atoms with Gasteiger partial charge in [-0.1, -0.05) is 110 Å². The molecule has 0 amide bonds. The first-order valence-electron chi connectivity index (χ1n) is 15.7. The average molecular weight is 550 g/mol. The molecule has 0 saturated carbocycles. The minimum absolute atomic E-state index is 0.0404. The number of fused-ring (bicyclic) bond motifs is 1. The first-order chi connectivity index (χ1) is 19.0. The lowest BCUT2D eigenvalue weighted by atomic mass is 10.0. The van der Waals surface area contributed by atoms with E-state index in [9.17, 15) is 14.7 Å². The minimum Gasteiger partial charge on any atom is -0.466 e. The van der Waals surface area contributed by atoms with Crippen LogP contribution in [0.4, 0.5) is 17.5 Å². The SMILES string of the molecule is CCCCCCCCCCCCCCCCCCCC(=O)OCCC(CO)CN1CNc2c1nc(N)[nH]c2=O. The van der Waals surface area contributed by atoms with Gasteiger partial charge in [-0.25, -0.2) is 0 Å². The molecule has 5 N–H and O–H groups in total. The Morgan fingerprint density at radius 2 is 1.49 bits per heavy atom. The number of rotatable bonds is 24. The second-order valence-electron chi connectivity index (χ2n) is 11.2. The number of H-pyrrole nitrogens is 1. The van der Waals surface area contributed by atoms with E-state index < -0.39 is 0 Å². The molecule has 0 bridgehead atoms. The summed E-state index contributed by atoms with van der Waals surface area (Å²) in [5.74, 6) is 0.284. The lowest BCUT2D eigenvalue weighted by Gasteiger charge is -2.23. The predicted molar refractivity (Wildman–Crippen MR) is 160 cm³/mol. The Morgan fingerprint density at radius 1 is 0.949 bits per heavy atom. The molecule has 39 heavy (non-hydrogen) atoms. The summed E-state index contributed by atoms with van der Waals surface area (Å²) in [4.78, 5) is 32.6. The minimum atomic E-state index is -0.307. The summed E-state index contributed by atoms with van der Waals surface area (Å²) < 4.78 is 5.40. The maximum absolute atomic E-state index is 12.1. The number of anilines is 3. The van der Waals surface area contributed by atoms with Crippen LogP contribution < -0.4 is 21.5 Å². The van der Waals surface area contributed by atoms with Gasteiger partial charge < -0.3 is 25.8 Å². The van der Waals surface area contributed by atoms with E-state index in [1.807, 2.05) is 4.90 Å². The molecule has 0 aliphatic carbocycles. The topological polar surface area (TPSA) is 134 Å². The van der Waals surface area contributed by atoms with Gasteiger partial charge in [0.25, 0.3) is 5.56 Å². The molecule has 0 spiro atoms. The van der Waals surface area contributed by atoms with Crippen LogP contribution in [0.5, 0.6) is 0 Å². The van der Waals surface area contributed by atoms with Crippen molar-refractivity contribution in [2.75, 3.05) is 42.4 Å². The molecule has 0 fully saturated rings. The van der Waals surface area contributed by atoms with Crippen LogP contribution in [0.15, 0.2) is 4.79 Å². The number of nitrogens with two attached hydrogens (primary N) is 1. The number of nitrogens with one attached hydrogen (secondary N) is 2. The van der Waals surface area contributed by atoms with Crippen LogP contribution in [-0.4, -0.2) is 47.5 Å². The zero-order chi connectivity index (χ0) is 28.1. The standard InChI is InChI=1S/C30H55N5O4/c1-2-3-4-5-6-7-8-9-10-11-12-13-14-15-16-17-18-19-26(37)39-21-20-25(23-36)22-35-24-32-27-28(35)33-30(31)34-29(27)38/h25,32,36H,2-24H2,1H3,(H3,31,33,34,38). The number of nitrogen functional groups attached to an aromatic ring is 1. The van der Waals surface area contributed by atoms with Crippen LogP contribution in [0, 0.1) is 5.92 Å². The summed E-state index contributed by atoms with van der Waals surface area (Å²) in [6.45, 7) is 3.42. The second kappa shape index (κ2) is 20.6. The van der Waals surface area contributed by atoms with Gasteiger partial charge in [-0.05, 0) is 12.8 Å². The van der Waals surface area contributed by atoms with E-state index >= 15 is 0 Å². The first-order valence-corrected chi connectivity index (χ1v) is 15.7. The predicted octanol–water partition coefficient (Wildman–Crippen LogP) is 6.13. The lowest BCUT2D eigenvalue weighted by Crippen LogP contribution is -2.32. The Morgan fingerprint density at radius 3 is 2.03 bits per heavy atom. The number of hydrogen-bond acceptors (Lipinski definition) is 8. The number of hydrogen-bond donors (Lipinski definition) is 4. The third-order valence-electron chi connectivity index (χ3n) is 7.68. The zero-order valence-corrected chi connectivity index (χ0v) is 24.5. The van der Waals surface area contributed by atoms with E-state index in [2.05, 4.69) is 22.2 Å². The molecule has 2 heterocycles. The van der Waals surface area contributed by atoms with E-state index in [1.165, 1.54) is 96.3 Å². The van der Waals surface area contributed by atoms with Crippen molar-refractivity contribution in [3.05, 3.63) is 10.4 Å². The molecule has 0 radical (unpaired) electrons. The van der Waals surface area contributed by atoms with E-state index in [-0.39, 0.29) is 36.6 Å². The van der Waals surface area contributed by atoms with Crippen LogP contribution in [-0.2, 0) is 9.53 Å². The molecule has 1 atom stereocenters. The summed E-state index contributed by atoms with van der Waals surface area (Å²) in [7, 11) is 0. The van der Waals surface area contributed by atoms with Crippen molar-refractivity contribution in [1.82, 2.24) is 9.97 Å². The van der Waals surface area contributed by atoms with Crippen molar-refractivity contribution in [2.45, 2.75) is 129 Å². The van der Waals surface area contributed by atoms with Crippen molar-refractivity contribution in [1.29, 1.82) is 0 Å². The molecule has 1 aliphatic rings. The molecule has 9 heteroatoms. The summed E-state index contributed by atoms with van der Waals surface area (Å²) in [5.41, 5.74) is 5.75. The molecular weight excluding hydrogens is 494 g/mol. The first kappa shape index (κ1) is 32.9. The third-order valence-corrected chi connectivity index (χ3v) is 7.68. The highest BCUT2D eigenvalue weighted by atomic mass is 16.5. The molecule has 0 aromatic carbocycles. The number of nitrogens with zero attached hydrogens (tertiary/aromatic N) is 2. The van der Waals surface area contributed by atoms with Gasteiger partial charge in [0.1, 0.15) is 5.69 Å². The Labute approximate surface area is 235 Å². The van der Waals surface area contributed by atoms with Crippen LogP contribution in [0.2, 0.25) is 0 Å². The smallest absolute Gasteiger partial charge is 0.305 e. The monoisotopic (exact) mass is 549 g/mol. The van der Waals surface area contributed by atoms with Gasteiger partial charge in [0, 0.05) is 25.5 Å². The molecular formula is C30H55N5O4. The van der Waals surface area contributed by atoms with Crippen molar-refractivity contribution >= 4 is 23.4 Å². The Hall–Kier alpha value is -2.29. The van der Waals surface area contributed by atoms with Crippen LogP contribution in [0.1, 0.15) is 129 Å². The van der Waals surface area contributed by atoms with E-state index in [0.29, 0.717) is 37.6 Å². The number of aliphatic hydroxyl groups is 1. The third kappa shape index (κ3) is 14.1. The lowest BCUT2D eigenvalue weighted by molar-refractivity contribution is -0.144. The van der Waals surface area contributed by atoms with Gasteiger partial charge in [-0.3, -0.25) is 14.6 Å². The summed E-state index contributed by atoms with van der Waals surface area (Å²) in [5, 5.41) is 12.8. The van der Waals surface area contributed by atoms with Gasteiger partial charge in [0.05, 0.1) is 13.3 Å². The number of aromatic nitrogens is 2. The molecule has 1 unspecified atom stereocenters. The van der Waals surface area contributed by atoms with Crippen LogP contribution in [0.3, 0.4) is 0 Å². The fraction of sp³-hybridized carbons (Fsp3) is 0.833. The zero-order valence-electron chi connectivity index (χ0n) is 24.5. The van der Waals surface area contributed by atoms with Gasteiger partial charge in [0.2, 0.25) is 5.95 Å². The van der Waals surface area contributed by atoms with Gasteiger partial charge in [-0.15, -0.1) is 0 Å². The fourth-order valence-electron chi connectivity index (χ4n) is 5.22. The Balaban J connectivity index is 1.39. The average Bonchev–Trinajstić information content (AvgIpc) is 3.32. The molecule has 2 rings (SSSR count). The van der Waals surface area contributed by atoms with Crippen molar-refractivity contribution in [2.24, 2.45) is 5.92 Å². The normalized spacial score (nSPS) is 13.3. The number of ether oxygens (including phenoxy) is 1. The molecule has 0 saturated heterocycles. The summed E-state index contributed by atoms with van der Waals surface area (Å²) in [6.07, 6.45) is 23.4. The van der Waals surface area contributed by atoms with Crippen molar-refractivity contribution in [3.8, 4) is 0 Å². The van der Waals surface area contributed by atoms with Crippen LogP contribution in [0.25, 0.3) is 0 Å². The highest BCUT2D eigenvalue weighted by Crippen LogP contribution is 2.26. The van der Waals surface area contributed by atoms with Crippen molar-refractivity contribution in [3.63, 3.8) is 0 Å². The number of esters is 1. The maximum atomic E-state index is 12.1.